The standard InChI is InChI=1S/C14H13ClO/c1-10-7-11(2)9-12(8-10)16-14-6-4-3-5-13(14)15/h3-9H,1-2H3. The van der Waals surface area contributed by atoms with Crippen LogP contribution in [0.1, 0.15) is 11.1 Å². The summed E-state index contributed by atoms with van der Waals surface area (Å²) in [6, 6.07) is 13.6. The fourth-order valence-electron chi connectivity index (χ4n) is 1.65. The summed E-state index contributed by atoms with van der Waals surface area (Å²) in [5, 5.41) is 0.627. The minimum atomic E-state index is 0.627. The summed E-state index contributed by atoms with van der Waals surface area (Å²) in [5.41, 5.74) is 2.36. The molecule has 16 heavy (non-hydrogen) atoms. The van der Waals surface area contributed by atoms with Crippen molar-refractivity contribution in [1.29, 1.82) is 0 Å². The summed E-state index contributed by atoms with van der Waals surface area (Å²) >= 11 is 6.03. The van der Waals surface area contributed by atoms with Gasteiger partial charge in [-0.25, -0.2) is 0 Å². The molecule has 0 bridgehead atoms. The van der Waals surface area contributed by atoms with Crippen molar-refractivity contribution >= 4 is 11.6 Å². The second-order valence-electron chi connectivity index (χ2n) is 3.86. The number of benzene rings is 2. The third-order valence-electron chi connectivity index (χ3n) is 2.26. The van der Waals surface area contributed by atoms with E-state index in [4.69, 9.17) is 16.3 Å². The van der Waals surface area contributed by atoms with E-state index < -0.39 is 0 Å². The molecule has 0 fully saturated rings. The molecule has 0 radical (unpaired) electrons. The number of halogens is 1. The zero-order chi connectivity index (χ0) is 11.5. The second-order valence-corrected chi connectivity index (χ2v) is 4.26. The minimum absolute atomic E-state index is 0.627. The van der Waals surface area contributed by atoms with E-state index in [0.717, 1.165) is 5.75 Å². The zero-order valence-corrected chi connectivity index (χ0v) is 10.1. The van der Waals surface area contributed by atoms with E-state index in [1.807, 2.05) is 50.2 Å². The largest absolute Gasteiger partial charge is 0.456 e. The fourth-order valence-corrected chi connectivity index (χ4v) is 1.82. The van der Waals surface area contributed by atoms with Crippen molar-refractivity contribution in [1.82, 2.24) is 0 Å². The molecule has 0 amide bonds. The van der Waals surface area contributed by atoms with E-state index in [1.165, 1.54) is 11.1 Å². The molecule has 0 saturated heterocycles. The average molecular weight is 233 g/mol. The Balaban J connectivity index is 2.30. The van der Waals surface area contributed by atoms with Gasteiger partial charge >= 0.3 is 0 Å². The summed E-state index contributed by atoms with van der Waals surface area (Å²) in [6.07, 6.45) is 0. The molecule has 0 aliphatic rings. The van der Waals surface area contributed by atoms with Gasteiger partial charge in [0.05, 0.1) is 5.02 Å². The minimum Gasteiger partial charge on any atom is -0.456 e. The fraction of sp³-hybridized carbons (Fsp3) is 0.143. The number of aryl methyl sites for hydroxylation is 2. The molecule has 0 saturated carbocycles. The topological polar surface area (TPSA) is 9.23 Å². The van der Waals surface area contributed by atoms with E-state index in [2.05, 4.69) is 6.07 Å². The van der Waals surface area contributed by atoms with Gasteiger partial charge in [-0.3, -0.25) is 0 Å². The Morgan fingerprint density at radius 2 is 1.56 bits per heavy atom. The van der Waals surface area contributed by atoms with E-state index in [0.29, 0.717) is 10.8 Å². The maximum atomic E-state index is 6.03. The summed E-state index contributed by atoms with van der Waals surface area (Å²) < 4.78 is 5.74. The van der Waals surface area contributed by atoms with Crippen LogP contribution in [0.3, 0.4) is 0 Å². The van der Waals surface area contributed by atoms with Crippen molar-refractivity contribution < 1.29 is 4.74 Å². The maximum Gasteiger partial charge on any atom is 0.146 e. The van der Waals surface area contributed by atoms with E-state index >= 15 is 0 Å². The lowest BCUT2D eigenvalue weighted by Crippen LogP contribution is -1.87. The normalized spacial score (nSPS) is 10.2. The molecule has 2 aromatic rings. The summed E-state index contributed by atoms with van der Waals surface area (Å²) in [6.45, 7) is 4.10. The highest BCUT2D eigenvalue weighted by Gasteiger charge is 2.02. The Labute approximate surface area is 101 Å². The molecule has 0 aliphatic carbocycles. The van der Waals surface area contributed by atoms with Crippen LogP contribution in [0.2, 0.25) is 5.02 Å². The third kappa shape index (κ3) is 2.56. The zero-order valence-electron chi connectivity index (χ0n) is 9.33. The molecule has 2 heteroatoms. The van der Waals surface area contributed by atoms with Gasteiger partial charge in [0.25, 0.3) is 0 Å². The van der Waals surface area contributed by atoms with Crippen LogP contribution < -0.4 is 4.74 Å². The lowest BCUT2D eigenvalue weighted by Gasteiger charge is -2.08. The molecule has 0 spiro atoms. The first-order valence-electron chi connectivity index (χ1n) is 5.16. The van der Waals surface area contributed by atoms with E-state index in [9.17, 15) is 0 Å². The van der Waals surface area contributed by atoms with Crippen molar-refractivity contribution in [2.24, 2.45) is 0 Å². The van der Waals surface area contributed by atoms with Gasteiger partial charge in [0.2, 0.25) is 0 Å². The van der Waals surface area contributed by atoms with Crippen LogP contribution in [0.4, 0.5) is 0 Å². The Bertz CT molecular complexity index is 486. The monoisotopic (exact) mass is 232 g/mol. The number of rotatable bonds is 2. The van der Waals surface area contributed by atoms with Crippen LogP contribution in [0.15, 0.2) is 42.5 Å². The van der Waals surface area contributed by atoms with Gasteiger partial charge in [0, 0.05) is 0 Å². The molecule has 0 unspecified atom stereocenters. The Kier molecular flexibility index (Phi) is 3.16. The maximum absolute atomic E-state index is 6.03. The Hall–Kier alpha value is -1.47. The highest BCUT2D eigenvalue weighted by molar-refractivity contribution is 6.32. The first-order valence-corrected chi connectivity index (χ1v) is 5.53. The number of hydrogen-bond acceptors (Lipinski definition) is 1. The van der Waals surface area contributed by atoms with Gasteiger partial charge in [-0.05, 0) is 49.2 Å². The first kappa shape index (κ1) is 11.0. The van der Waals surface area contributed by atoms with Crippen molar-refractivity contribution in [2.75, 3.05) is 0 Å². The van der Waals surface area contributed by atoms with Gasteiger partial charge in [0.15, 0.2) is 0 Å². The highest BCUT2D eigenvalue weighted by atomic mass is 35.5. The van der Waals surface area contributed by atoms with Gasteiger partial charge in [-0.1, -0.05) is 29.8 Å². The molecule has 82 valence electrons. The molecule has 0 atom stereocenters. The summed E-state index contributed by atoms with van der Waals surface area (Å²) in [4.78, 5) is 0. The molecule has 0 aromatic heterocycles. The van der Waals surface area contributed by atoms with Crippen molar-refractivity contribution in [3.8, 4) is 11.5 Å². The van der Waals surface area contributed by atoms with Crippen molar-refractivity contribution in [3.05, 3.63) is 58.6 Å². The average Bonchev–Trinajstić information content (AvgIpc) is 2.20. The SMILES string of the molecule is Cc1cc(C)cc(Oc2ccccc2Cl)c1. The number of para-hydroxylation sites is 1. The highest BCUT2D eigenvalue weighted by Crippen LogP contribution is 2.29. The van der Waals surface area contributed by atoms with Gasteiger partial charge in [0.1, 0.15) is 11.5 Å². The van der Waals surface area contributed by atoms with Crippen LogP contribution in [0.5, 0.6) is 11.5 Å². The van der Waals surface area contributed by atoms with Crippen molar-refractivity contribution in [3.63, 3.8) is 0 Å². The van der Waals surface area contributed by atoms with Crippen molar-refractivity contribution in [2.45, 2.75) is 13.8 Å². The Morgan fingerprint density at radius 3 is 2.19 bits per heavy atom. The molecule has 0 N–H and O–H groups in total. The smallest absolute Gasteiger partial charge is 0.146 e. The van der Waals surface area contributed by atoms with Crippen LogP contribution in [0.25, 0.3) is 0 Å². The van der Waals surface area contributed by atoms with Gasteiger partial charge < -0.3 is 4.74 Å². The van der Waals surface area contributed by atoms with Gasteiger partial charge in [-0.2, -0.15) is 0 Å². The molecular formula is C14H13ClO. The molecular weight excluding hydrogens is 220 g/mol. The third-order valence-corrected chi connectivity index (χ3v) is 2.57. The van der Waals surface area contributed by atoms with E-state index in [-0.39, 0.29) is 0 Å². The van der Waals surface area contributed by atoms with Crippen LogP contribution in [-0.4, -0.2) is 0 Å². The predicted molar refractivity (Wildman–Crippen MR) is 67.4 cm³/mol. The van der Waals surface area contributed by atoms with E-state index in [1.54, 1.807) is 0 Å². The summed E-state index contributed by atoms with van der Waals surface area (Å²) in [7, 11) is 0. The predicted octanol–water partition coefficient (Wildman–Crippen LogP) is 4.75. The summed E-state index contributed by atoms with van der Waals surface area (Å²) in [5.74, 6) is 1.51. The molecule has 0 aliphatic heterocycles. The number of ether oxygens (including phenoxy) is 1. The van der Waals surface area contributed by atoms with Crippen LogP contribution in [-0.2, 0) is 0 Å². The second kappa shape index (κ2) is 4.58. The molecule has 2 rings (SSSR count). The first-order chi connectivity index (χ1) is 7.65. The van der Waals surface area contributed by atoms with Crippen LogP contribution in [0, 0.1) is 13.8 Å². The lowest BCUT2D eigenvalue weighted by molar-refractivity contribution is 0.482. The molecule has 1 nitrogen and oxygen atoms in total. The van der Waals surface area contributed by atoms with Gasteiger partial charge in [-0.15, -0.1) is 0 Å². The lowest BCUT2D eigenvalue weighted by atomic mass is 10.1. The molecule has 2 aromatic carbocycles. The Morgan fingerprint density at radius 1 is 0.938 bits per heavy atom. The van der Waals surface area contributed by atoms with Crippen LogP contribution >= 0.6 is 11.6 Å². The number of hydrogen-bond donors (Lipinski definition) is 0. The molecule has 0 heterocycles. The quantitative estimate of drug-likeness (QED) is 0.726.